The minimum Gasteiger partial charge on any atom is -0.465 e. The Balaban J connectivity index is 2.24. The van der Waals surface area contributed by atoms with Crippen molar-refractivity contribution >= 4 is 49.5 Å². The van der Waals surface area contributed by atoms with Gasteiger partial charge in [0.25, 0.3) is 0 Å². The lowest BCUT2D eigenvalue weighted by Gasteiger charge is -2.26. The van der Waals surface area contributed by atoms with Crippen molar-refractivity contribution in [3.8, 4) is 0 Å². The zero-order chi connectivity index (χ0) is 20.9. The maximum absolute atomic E-state index is 12.9. The van der Waals surface area contributed by atoms with Crippen LogP contribution in [0.3, 0.4) is 0 Å². The van der Waals surface area contributed by atoms with Gasteiger partial charge in [-0.1, -0.05) is 15.9 Å². The van der Waals surface area contributed by atoms with Gasteiger partial charge in [-0.25, -0.2) is 9.59 Å². The molecule has 2 heterocycles. The number of esters is 1. The van der Waals surface area contributed by atoms with Gasteiger partial charge in [-0.3, -0.25) is 13.7 Å². The van der Waals surface area contributed by atoms with Crippen LogP contribution in [0, 0.1) is 0 Å². The number of ether oxygens (including phenoxy) is 2. The number of carbonyl (C=O) groups excluding carboxylic acids is 2. The molecular weight excluding hydrogens is 450 g/mol. The molecule has 9 heteroatoms. The first-order valence-electron chi connectivity index (χ1n) is 8.81. The molecular formula is C19H24BrNO6S. The van der Waals surface area contributed by atoms with Crippen LogP contribution in [0.5, 0.6) is 0 Å². The Morgan fingerprint density at radius 1 is 1.29 bits per heavy atom. The van der Waals surface area contributed by atoms with Crippen molar-refractivity contribution in [1.82, 2.24) is 4.57 Å². The van der Waals surface area contributed by atoms with E-state index in [-0.39, 0.29) is 17.2 Å². The second-order valence-electron chi connectivity index (χ2n) is 7.93. The second-order valence-corrected chi connectivity index (χ2v) is 11.2. The molecule has 1 aliphatic heterocycles. The Kier molecular flexibility index (Phi) is 5.57. The van der Waals surface area contributed by atoms with Gasteiger partial charge >= 0.3 is 12.1 Å². The summed E-state index contributed by atoms with van der Waals surface area (Å²) in [6.07, 6.45) is 1.62. The molecule has 0 spiro atoms. The fourth-order valence-electron chi connectivity index (χ4n) is 3.46. The van der Waals surface area contributed by atoms with Gasteiger partial charge in [-0.15, -0.1) is 0 Å². The highest BCUT2D eigenvalue weighted by Crippen LogP contribution is 2.53. The lowest BCUT2D eigenvalue weighted by atomic mass is 9.97. The highest BCUT2D eigenvalue weighted by molar-refractivity contribution is 9.10. The third-order valence-electron chi connectivity index (χ3n) is 4.59. The standard InChI is InChI=1S/C19H24BrNO6S/c1-19(2,3)27-18(23)21-9-15(11-5-6-28(24,25)10-11)13-7-12(20)8-14(16(13)21)17(22)26-4/h7-9,11,24-25H,5-6,10H2,1-4H3. The molecule has 2 N–H and O–H groups in total. The number of nitrogens with zero attached hydrogens (tertiary/aromatic N) is 1. The first-order valence-corrected chi connectivity index (χ1v) is 11.5. The number of hydrogen-bond acceptors (Lipinski definition) is 6. The molecule has 7 nitrogen and oxygen atoms in total. The van der Waals surface area contributed by atoms with Crippen LogP contribution in [0.25, 0.3) is 10.9 Å². The molecule has 1 aromatic carbocycles. The Morgan fingerprint density at radius 2 is 1.96 bits per heavy atom. The predicted octanol–water partition coefficient (Wildman–Crippen LogP) is 5.21. The summed E-state index contributed by atoms with van der Waals surface area (Å²) in [4.78, 5) is 25.3. The summed E-state index contributed by atoms with van der Waals surface area (Å²) in [5, 5.41) is 0.683. The van der Waals surface area contributed by atoms with Crippen molar-refractivity contribution in [2.45, 2.75) is 38.7 Å². The van der Waals surface area contributed by atoms with Crippen LogP contribution in [0.15, 0.2) is 22.8 Å². The van der Waals surface area contributed by atoms with Crippen LogP contribution in [0.2, 0.25) is 0 Å². The van der Waals surface area contributed by atoms with Crippen LogP contribution in [-0.4, -0.2) is 50.0 Å². The maximum Gasteiger partial charge on any atom is 0.419 e. The molecule has 1 aliphatic rings. The molecule has 1 aromatic heterocycles. The zero-order valence-corrected chi connectivity index (χ0v) is 18.6. The number of halogens is 1. The topological polar surface area (TPSA) is 98.0 Å². The van der Waals surface area contributed by atoms with Crippen molar-refractivity contribution in [1.29, 1.82) is 0 Å². The lowest BCUT2D eigenvalue weighted by molar-refractivity contribution is 0.0544. The molecule has 0 bridgehead atoms. The molecule has 28 heavy (non-hydrogen) atoms. The van der Waals surface area contributed by atoms with E-state index in [1.807, 2.05) is 6.07 Å². The van der Waals surface area contributed by atoms with E-state index in [4.69, 9.17) is 9.47 Å². The zero-order valence-electron chi connectivity index (χ0n) is 16.2. The fourth-order valence-corrected chi connectivity index (χ4v) is 5.74. The predicted molar refractivity (Wildman–Crippen MR) is 113 cm³/mol. The smallest absolute Gasteiger partial charge is 0.419 e. The first-order chi connectivity index (χ1) is 12.9. The van der Waals surface area contributed by atoms with Crippen LogP contribution >= 0.6 is 26.5 Å². The Bertz CT molecular complexity index is 946. The van der Waals surface area contributed by atoms with E-state index < -0.39 is 28.3 Å². The van der Waals surface area contributed by atoms with Gasteiger partial charge in [-0.05, 0) is 44.9 Å². The molecule has 0 saturated carbocycles. The van der Waals surface area contributed by atoms with Gasteiger partial charge < -0.3 is 9.47 Å². The molecule has 1 unspecified atom stereocenters. The van der Waals surface area contributed by atoms with Crippen molar-refractivity contribution in [3.05, 3.63) is 33.9 Å². The van der Waals surface area contributed by atoms with Gasteiger partial charge in [0.1, 0.15) is 5.60 Å². The highest BCUT2D eigenvalue weighted by atomic mass is 79.9. The maximum atomic E-state index is 12.9. The molecule has 0 aliphatic carbocycles. The van der Waals surface area contributed by atoms with Gasteiger partial charge in [-0.2, -0.15) is 10.6 Å². The van der Waals surface area contributed by atoms with Gasteiger partial charge in [0.2, 0.25) is 0 Å². The number of rotatable bonds is 2. The third kappa shape index (κ3) is 4.22. The Labute approximate surface area is 173 Å². The van der Waals surface area contributed by atoms with Crippen LogP contribution in [0.1, 0.15) is 49.0 Å². The summed E-state index contributed by atoms with van der Waals surface area (Å²) in [6, 6.07) is 3.42. The molecule has 0 radical (unpaired) electrons. The summed E-state index contributed by atoms with van der Waals surface area (Å²) in [5.74, 6) is -0.137. The molecule has 2 aromatic rings. The Hall–Kier alpha value is -1.55. The van der Waals surface area contributed by atoms with E-state index in [9.17, 15) is 18.7 Å². The Morgan fingerprint density at radius 3 is 2.50 bits per heavy atom. The van der Waals surface area contributed by atoms with Crippen molar-refractivity contribution in [2.75, 3.05) is 18.6 Å². The average molecular weight is 474 g/mol. The summed E-state index contributed by atoms with van der Waals surface area (Å²) < 4.78 is 32.5. The third-order valence-corrected chi connectivity index (χ3v) is 6.88. The quantitative estimate of drug-likeness (QED) is 0.580. The number of fused-ring (bicyclic) bond motifs is 1. The normalized spacial score (nSPS) is 20.2. The van der Waals surface area contributed by atoms with Crippen LogP contribution < -0.4 is 0 Å². The SMILES string of the molecule is COC(=O)c1cc(Br)cc2c(C3CCS(O)(O)C3)cn(C(=O)OC(C)(C)C)c12. The molecule has 1 saturated heterocycles. The average Bonchev–Trinajstić information content (AvgIpc) is 3.11. The number of benzene rings is 1. The van der Waals surface area contributed by atoms with Crippen LogP contribution in [0.4, 0.5) is 4.79 Å². The largest absolute Gasteiger partial charge is 0.465 e. The van der Waals surface area contributed by atoms with E-state index in [0.29, 0.717) is 27.5 Å². The van der Waals surface area contributed by atoms with Crippen LogP contribution in [-0.2, 0) is 9.47 Å². The molecule has 0 amide bonds. The van der Waals surface area contributed by atoms with Gasteiger partial charge in [0.05, 0.1) is 18.2 Å². The summed E-state index contributed by atoms with van der Waals surface area (Å²) in [5.41, 5.74) is 0.693. The summed E-state index contributed by atoms with van der Waals surface area (Å²) >= 11 is 3.41. The monoisotopic (exact) mass is 473 g/mol. The first kappa shape index (κ1) is 21.2. The summed E-state index contributed by atoms with van der Waals surface area (Å²) in [7, 11) is -1.34. The minimum atomic E-state index is -2.62. The molecule has 3 rings (SSSR count). The van der Waals surface area contributed by atoms with Gasteiger partial charge in [0.15, 0.2) is 0 Å². The number of carbonyl (C=O) groups is 2. The van der Waals surface area contributed by atoms with E-state index in [1.165, 1.54) is 11.7 Å². The lowest BCUT2D eigenvalue weighted by Crippen LogP contribution is -2.27. The molecule has 1 fully saturated rings. The van der Waals surface area contributed by atoms with E-state index in [2.05, 4.69) is 15.9 Å². The number of methoxy groups -OCH3 is 1. The van der Waals surface area contributed by atoms with E-state index >= 15 is 0 Å². The highest BCUT2D eigenvalue weighted by Gasteiger charge is 2.33. The van der Waals surface area contributed by atoms with Crippen molar-refractivity contribution in [2.24, 2.45) is 0 Å². The summed E-state index contributed by atoms with van der Waals surface area (Å²) in [6.45, 7) is 5.30. The number of aromatic nitrogens is 1. The van der Waals surface area contributed by atoms with E-state index in [0.717, 1.165) is 5.56 Å². The number of hydrogen-bond donors (Lipinski definition) is 2. The second kappa shape index (κ2) is 7.37. The van der Waals surface area contributed by atoms with Gasteiger partial charge in [0, 0.05) is 33.5 Å². The van der Waals surface area contributed by atoms with E-state index in [1.54, 1.807) is 33.0 Å². The van der Waals surface area contributed by atoms with Crippen molar-refractivity contribution in [3.63, 3.8) is 0 Å². The van der Waals surface area contributed by atoms with Crippen molar-refractivity contribution < 1.29 is 28.2 Å². The fraction of sp³-hybridized carbons (Fsp3) is 0.474. The minimum absolute atomic E-state index is 0.129. The molecule has 154 valence electrons. The molecule has 1 atom stereocenters.